The number of anilines is 1. The molecular weight excluding hydrogens is 286 g/mol. The van der Waals surface area contributed by atoms with E-state index in [-0.39, 0.29) is 7.43 Å². The van der Waals surface area contributed by atoms with Gasteiger partial charge in [0.1, 0.15) is 0 Å². The van der Waals surface area contributed by atoms with E-state index in [0.29, 0.717) is 17.7 Å². The molecule has 4 heteroatoms. The van der Waals surface area contributed by atoms with Crippen LogP contribution in [0, 0.1) is 5.92 Å². The molecule has 2 aliphatic heterocycles. The second-order valence-corrected chi connectivity index (χ2v) is 6.95. The summed E-state index contributed by atoms with van der Waals surface area (Å²) in [6.45, 7) is 7.82. The van der Waals surface area contributed by atoms with Gasteiger partial charge in [0.25, 0.3) is 0 Å². The molecule has 1 saturated carbocycles. The number of rotatable bonds is 3. The molecule has 2 heterocycles. The number of hydrogen-bond donors (Lipinski definition) is 1. The summed E-state index contributed by atoms with van der Waals surface area (Å²) in [7, 11) is 0. The molecule has 0 radical (unpaired) electrons. The Balaban J connectivity index is 0.00000156. The molecule has 2 atom stereocenters. The van der Waals surface area contributed by atoms with E-state index >= 15 is 0 Å². The van der Waals surface area contributed by atoms with Gasteiger partial charge in [-0.05, 0) is 43.5 Å². The highest BCUT2D eigenvalue weighted by molar-refractivity contribution is 5.77. The molecule has 126 valence electrons. The van der Waals surface area contributed by atoms with E-state index in [1.54, 1.807) is 0 Å². The molecule has 2 saturated heterocycles. The largest absolute Gasteiger partial charge is 0.369 e. The Morgan fingerprint density at radius 3 is 2.61 bits per heavy atom. The monoisotopic (exact) mass is 315 g/mol. The van der Waals surface area contributed by atoms with Gasteiger partial charge >= 0.3 is 0 Å². The van der Waals surface area contributed by atoms with Crippen LogP contribution in [-0.2, 0) is 10.2 Å². The van der Waals surface area contributed by atoms with Crippen molar-refractivity contribution in [1.82, 2.24) is 10.2 Å². The SMILES string of the molecule is C.CCN1CCN(c2ccc(C34CNCC3C4)cc2)CCC1=O. The first-order chi connectivity index (χ1) is 10.7. The summed E-state index contributed by atoms with van der Waals surface area (Å²) < 4.78 is 0. The van der Waals surface area contributed by atoms with Crippen LogP contribution in [-0.4, -0.2) is 50.1 Å². The zero-order valence-corrected chi connectivity index (χ0v) is 13.3. The predicted molar refractivity (Wildman–Crippen MR) is 94.9 cm³/mol. The van der Waals surface area contributed by atoms with Crippen LogP contribution in [0.2, 0.25) is 0 Å². The average Bonchev–Trinajstić information content (AvgIpc) is 3.18. The zero-order chi connectivity index (χ0) is 15.2. The van der Waals surface area contributed by atoms with Crippen molar-refractivity contribution >= 4 is 11.6 Å². The van der Waals surface area contributed by atoms with Gasteiger partial charge in [-0.3, -0.25) is 4.79 Å². The summed E-state index contributed by atoms with van der Waals surface area (Å²) in [5.74, 6) is 1.14. The number of likely N-dealkylation sites (N-methyl/N-ethyl adjacent to an activating group) is 1. The molecular formula is C19H29N3O. The third kappa shape index (κ3) is 2.74. The minimum atomic E-state index is 0. The standard InChI is InChI=1S/C18H25N3O.CH4/c1-2-20-9-10-21(8-7-17(20)22)16-5-3-14(4-6-16)18-11-15(18)12-19-13-18;/h3-6,15,19H,2,7-13H2,1H3;1H4. The first-order valence-electron chi connectivity index (χ1n) is 8.57. The normalized spacial score (nSPS) is 29.8. The van der Waals surface area contributed by atoms with Crippen LogP contribution in [0.15, 0.2) is 24.3 Å². The maximum absolute atomic E-state index is 12.0. The lowest BCUT2D eigenvalue weighted by Gasteiger charge is -2.24. The fourth-order valence-electron chi connectivity index (χ4n) is 4.25. The molecule has 0 aromatic heterocycles. The molecule has 4 rings (SSSR count). The number of nitrogens with zero attached hydrogens (tertiary/aromatic N) is 2. The number of carbonyl (C=O) groups excluding carboxylic acids is 1. The van der Waals surface area contributed by atoms with Gasteiger partial charge in [0.15, 0.2) is 0 Å². The van der Waals surface area contributed by atoms with E-state index in [2.05, 4.69) is 41.4 Å². The molecule has 4 nitrogen and oxygen atoms in total. The molecule has 0 spiro atoms. The van der Waals surface area contributed by atoms with Crippen molar-refractivity contribution in [3.8, 4) is 0 Å². The molecule has 1 aromatic rings. The Morgan fingerprint density at radius 2 is 2.00 bits per heavy atom. The van der Waals surface area contributed by atoms with E-state index in [1.165, 1.54) is 24.2 Å². The van der Waals surface area contributed by atoms with Gasteiger partial charge in [0.2, 0.25) is 5.91 Å². The van der Waals surface area contributed by atoms with Gasteiger partial charge in [-0.25, -0.2) is 0 Å². The first kappa shape index (κ1) is 16.3. The maximum atomic E-state index is 12.0. The van der Waals surface area contributed by atoms with Crippen molar-refractivity contribution in [1.29, 1.82) is 0 Å². The van der Waals surface area contributed by atoms with E-state index < -0.39 is 0 Å². The molecule has 3 aliphatic rings. The first-order valence-corrected chi connectivity index (χ1v) is 8.57. The van der Waals surface area contributed by atoms with Gasteiger partial charge in [0.05, 0.1) is 0 Å². The molecule has 1 N–H and O–H groups in total. The molecule has 2 unspecified atom stereocenters. The maximum Gasteiger partial charge on any atom is 0.224 e. The molecule has 1 aliphatic carbocycles. The number of nitrogens with one attached hydrogen (secondary N) is 1. The van der Waals surface area contributed by atoms with Crippen LogP contribution in [0.5, 0.6) is 0 Å². The summed E-state index contributed by atoms with van der Waals surface area (Å²) >= 11 is 0. The van der Waals surface area contributed by atoms with E-state index in [9.17, 15) is 4.79 Å². The van der Waals surface area contributed by atoms with Crippen LogP contribution in [0.3, 0.4) is 0 Å². The summed E-state index contributed by atoms with van der Waals surface area (Å²) in [4.78, 5) is 16.3. The minimum Gasteiger partial charge on any atom is -0.369 e. The summed E-state index contributed by atoms with van der Waals surface area (Å²) in [5, 5.41) is 3.51. The lowest BCUT2D eigenvalue weighted by molar-refractivity contribution is -0.130. The van der Waals surface area contributed by atoms with Crippen molar-refractivity contribution < 1.29 is 4.79 Å². The Kier molecular flexibility index (Phi) is 4.37. The zero-order valence-electron chi connectivity index (χ0n) is 13.3. The number of fused-ring (bicyclic) bond motifs is 1. The van der Waals surface area contributed by atoms with Gasteiger partial charge in [-0.1, -0.05) is 19.6 Å². The average molecular weight is 315 g/mol. The van der Waals surface area contributed by atoms with E-state index in [0.717, 1.165) is 38.6 Å². The van der Waals surface area contributed by atoms with Crippen LogP contribution in [0.4, 0.5) is 5.69 Å². The number of carbonyl (C=O) groups is 1. The number of benzene rings is 1. The van der Waals surface area contributed by atoms with Crippen molar-refractivity contribution in [2.45, 2.75) is 32.6 Å². The molecule has 3 fully saturated rings. The third-order valence-electron chi connectivity index (χ3n) is 5.84. The second-order valence-electron chi connectivity index (χ2n) is 6.95. The highest BCUT2D eigenvalue weighted by atomic mass is 16.2. The highest BCUT2D eigenvalue weighted by Gasteiger charge is 2.57. The fraction of sp³-hybridized carbons (Fsp3) is 0.632. The number of hydrogen-bond acceptors (Lipinski definition) is 3. The summed E-state index contributed by atoms with van der Waals surface area (Å²) in [5.41, 5.74) is 3.19. The molecule has 0 bridgehead atoms. The Morgan fingerprint density at radius 1 is 1.22 bits per heavy atom. The fourth-order valence-corrected chi connectivity index (χ4v) is 4.25. The Hall–Kier alpha value is -1.55. The number of piperidine rings is 1. The second kappa shape index (κ2) is 6.16. The Labute approximate surface area is 139 Å². The molecule has 1 amide bonds. The molecule has 1 aromatic carbocycles. The summed E-state index contributed by atoms with van der Waals surface area (Å²) in [6, 6.07) is 9.13. The predicted octanol–water partition coefficient (Wildman–Crippen LogP) is 2.24. The van der Waals surface area contributed by atoms with E-state index in [1.807, 2.05) is 4.90 Å². The van der Waals surface area contributed by atoms with Crippen molar-refractivity contribution in [3.63, 3.8) is 0 Å². The molecule has 23 heavy (non-hydrogen) atoms. The van der Waals surface area contributed by atoms with Crippen LogP contribution >= 0.6 is 0 Å². The highest BCUT2D eigenvalue weighted by Crippen LogP contribution is 2.56. The Bertz CT molecular complexity index is 570. The van der Waals surface area contributed by atoms with Gasteiger partial charge in [-0.15, -0.1) is 0 Å². The van der Waals surface area contributed by atoms with Gasteiger partial charge in [-0.2, -0.15) is 0 Å². The third-order valence-corrected chi connectivity index (χ3v) is 5.84. The lowest BCUT2D eigenvalue weighted by atomic mass is 9.95. The minimum absolute atomic E-state index is 0. The van der Waals surface area contributed by atoms with E-state index in [4.69, 9.17) is 0 Å². The number of amides is 1. The van der Waals surface area contributed by atoms with Crippen LogP contribution in [0.1, 0.15) is 32.8 Å². The smallest absolute Gasteiger partial charge is 0.224 e. The van der Waals surface area contributed by atoms with Crippen molar-refractivity contribution in [2.24, 2.45) is 5.92 Å². The summed E-state index contributed by atoms with van der Waals surface area (Å²) in [6.07, 6.45) is 1.98. The quantitative estimate of drug-likeness (QED) is 0.929. The van der Waals surface area contributed by atoms with Gasteiger partial charge in [0, 0.05) is 50.2 Å². The van der Waals surface area contributed by atoms with Gasteiger partial charge < -0.3 is 15.1 Å². The van der Waals surface area contributed by atoms with Crippen molar-refractivity contribution in [3.05, 3.63) is 29.8 Å². The topological polar surface area (TPSA) is 35.6 Å². The van der Waals surface area contributed by atoms with Crippen LogP contribution < -0.4 is 10.2 Å². The van der Waals surface area contributed by atoms with Crippen molar-refractivity contribution in [2.75, 3.05) is 44.2 Å². The lowest BCUT2D eigenvalue weighted by Crippen LogP contribution is -2.33. The van der Waals surface area contributed by atoms with Crippen LogP contribution in [0.25, 0.3) is 0 Å².